The van der Waals surface area contributed by atoms with Gasteiger partial charge in [0.1, 0.15) is 4.90 Å². The van der Waals surface area contributed by atoms with Crippen molar-refractivity contribution in [2.45, 2.75) is 37.3 Å². The molecule has 0 radical (unpaired) electrons. The van der Waals surface area contributed by atoms with Gasteiger partial charge >= 0.3 is 0 Å². The molecule has 5 N–H and O–H groups in total. The highest BCUT2D eigenvalue weighted by molar-refractivity contribution is 7.89. The van der Waals surface area contributed by atoms with Crippen LogP contribution in [0.1, 0.15) is 19.4 Å². The zero-order chi connectivity index (χ0) is 20.0. The average Bonchev–Trinajstić information content (AvgIpc) is 2.61. The fraction of sp³-hybridized carbons (Fsp3) is 0.400. The van der Waals surface area contributed by atoms with E-state index in [1.165, 1.54) is 6.07 Å². The summed E-state index contributed by atoms with van der Waals surface area (Å²) in [5, 5.41) is 16.0. The van der Waals surface area contributed by atoms with Crippen molar-refractivity contribution in [3.63, 3.8) is 0 Å². The van der Waals surface area contributed by atoms with Crippen LogP contribution < -0.4 is 15.8 Å². The lowest BCUT2D eigenvalue weighted by atomic mass is 10.0. The summed E-state index contributed by atoms with van der Waals surface area (Å²) in [6, 6.07) is 15.8. The van der Waals surface area contributed by atoms with Gasteiger partial charge in [-0.15, -0.1) is 0 Å². The van der Waals surface area contributed by atoms with Gasteiger partial charge in [0, 0.05) is 19.1 Å². The van der Waals surface area contributed by atoms with Crippen molar-refractivity contribution in [2.75, 3.05) is 18.0 Å². The van der Waals surface area contributed by atoms with E-state index in [9.17, 15) is 13.5 Å². The third-order valence-electron chi connectivity index (χ3n) is 4.31. The Kier molecular flexibility index (Phi) is 7.38. The van der Waals surface area contributed by atoms with E-state index in [0.717, 1.165) is 5.56 Å². The van der Waals surface area contributed by atoms with Crippen molar-refractivity contribution in [3.05, 3.63) is 60.2 Å². The summed E-state index contributed by atoms with van der Waals surface area (Å²) in [4.78, 5) is 1.90. The zero-order valence-corrected chi connectivity index (χ0v) is 16.6. The van der Waals surface area contributed by atoms with Crippen molar-refractivity contribution in [2.24, 2.45) is 16.8 Å². The summed E-state index contributed by atoms with van der Waals surface area (Å²) in [5.74, 6) is 0.260. The number of hydrogen-bond acceptors (Lipinski definition) is 5. The number of para-hydroxylation sites is 1. The van der Waals surface area contributed by atoms with Crippen LogP contribution in [0, 0.1) is 5.92 Å². The van der Waals surface area contributed by atoms with Crippen LogP contribution in [0.15, 0.2) is 59.5 Å². The zero-order valence-electron chi connectivity index (χ0n) is 15.8. The number of primary sulfonamides is 1. The van der Waals surface area contributed by atoms with E-state index in [0.29, 0.717) is 18.7 Å². The molecule has 0 bridgehead atoms. The minimum atomic E-state index is -3.87. The molecule has 2 rings (SSSR count). The molecule has 0 heterocycles. The molecule has 0 saturated heterocycles. The lowest BCUT2D eigenvalue weighted by Gasteiger charge is -2.32. The molecule has 2 atom stereocenters. The normalized spacial score (nSPS) is 14.1. The molecule has 6 nitrogen and oxygen atoms in total. The van der Waals surface area contributed by atoms with Gasteiger partial charge in [-0.3, -0.25) is 0 Å². The first-order valence-corrected chi connectivity index (χ1v) is 10.6. The molecular weight excluding hydrogens is 362 g/mol. The predicted molar refractivity (Wildman–Crippen MR) is 109 cm³/mol. The number of aliphatic hydroxyl groups excluding tert-OH is 1. The minimum absolute atomic E-state index is 0.0504. The Hall–Kier alpha value is -1.93. The number of nitrogens with zero attached hydrogens (tertiary/aromatic N) is 1. The number of sulfonamides is 1. The van der Waals surface area contributed by atoms with E-state index >= 15 is 0 Å². The molecule has 0 fully saturated rings. The Labute approximate surface area is 161 Å². The first-order chi connectivity index (χ1) is 12.7. The van der Waals surface area contributed by atoms with E-state index in [4.69, 9.17) is 10.9 Å². The summed E-state index contributed by atoms with van der Waals surface area (Å²) in [6.45, 7) is 4.85. The maximum absolute atomic E-state index is 12.0. The van der Waals surface area contributed by atoms with Gasteiger partial charge in [0.05, 0.1) is 11.8 Å². The molecule has 0 aliphatic heterocycles. The van der Waals surface area contributed by atoms with Crippen molar-refractivity contribution >= 4 is 15.7 Å². The molecule has 0 aliphatic rings. The van der Waals surface area contributed by atoms with E-state index < -0.39 is 22.2 Å². The van der Waals surface area contributed by atoms with E-state index in [1.807, 2.05) is 49.1 Å². The number of anilines is 1. The molecule has 2 aromatic rings. The van der Waals surface area contributed by atoms with Gasteiger partial charge in [-0.2, -0.15) is 0 Å². The Morgan fingerprint density at radius 3 is 2.19 bits per heavy atom. The summed E-state index contributed by atoms with van der Waals surface area (Å²) >= 11 is 0. The monoisotopic (exact) mass is 391 g/mol. The van der Waals surface area contributed by atoms with Crippen LogP contribution in [-0.4, -0.2) is 38.8 Å². The van der Waals surface area contributed by atoms with Crippen LogP contribution in [0.2, 0.25) is 0 Å². The van der Waals surface area contributed by atoms with Gasteiger partial charge in [-0.05, 0) is 30.0 Å². The molecular formula is C20H29N3O3S. The third-order valence-corrected chi connectivity index (χ3v) is 5.27. The fourth-order valence-electron chi connectivity index (χ4n) is 3.05. The van der Waals surface area contributed by atoms with Crippen LogP contribution in [0.5, 0.6) is 0 Å². The highest BCUT2D eigenvalue weighted by Gasteiger charge is 2.24. The van der Waals surface area contributed by atoms with E-state index in [-0.39, 0.29) is 17.4 Å². The number of rotatable bonds is 9. The van der Waals surface area contributed by atoms with Crippen LogP contribution in [0.4, 0.5) is 5.69 Å². The second-order valence-corrected chi connectivity index (χ2v) is 8.76. The fourth-order valence-corrected chi connectivity index (χ4v) is 3.81. The molecule has 0 saturated carbocycles. The summed E-state index contributed by atoms with van der Waals surface area (Å²) in [6.07, 6.45) is -0.286. The Morgan fingerprint density at radius 1 is 1.00 bits per heavy atom. The molecule has 27 heavy (non-hydrogen) atoms. The molecule has 148 valence electrons. The second-order valence-electron chi connectivity index (χ2n) is 7.23. The summed E-state index contributed by atoms with van der Waals surface area (Å²) in [7, 11) is -3.87. The molecule has 2 unspecified atom stereocenters. The molecule has 0 aliphatic carbocycles. The predicted octanol–water partition coefficient (Wildman–Crippen LogP) is 1.73. The number of benzene rings is 2. The second kappa shape index (κ2) is 9.32. The highest BCUT2D eigenvalue weighted by atomic mass is 32.2. The first kappa shape index (κ1) is 21.4. The Bertz CT molecular complexity index is 825. The molecule has 0 amide bonds. The highest BCUT2D eigenvalue weighted by Crippen LogP contribution is 2.25. The van der Waals surface area contributed by atoms with Crippen molar-refractivity contribution in [1.82, 2.24) is 0 Å². The van der Waals surface area contributed by atoms with Crippen molar-refractivity contribution < 1.29 is 13.5 Å². The standard InChI is InChI=1S/C20H29N3O3S/c1-15(2)13-23(18-10-6-7-11-20(18)27(22,25)26)14-19(24)17(21)12-16-8-4-3-5-9-16/h3-11,15,17,19,24H,12-14,21H2,1-2H3,(H2,22,25,26). The number of aliphatic hydroxyl groups is 1. The van der Waals surface area contributed by atoms with E-state index in [2.05, 4.69) is 0 Å². The van der Waals surface area contributed by atoms with Gasteiger partial charge in [0.2, 0.25) is 10.0 Å². The van der Waals surface area contributed by atoms with Gasteiger partial charge in [0.15, 0.2) is 0 Å². The summed E-state index contributed by atoms with van der Waals surface area (Å²) in [5.41, 5.74) is 7.74. The summed E-state index contributed by atoms with van der Waals surface area (Å²) < 4.78 is 23.9. The van der Waals surface area contributed by atoms with Gasteiger partial charge in [-0.1, -0.05) is 56.3 Å². The largest absolute Gasteiger partial charge is 0.390 e. The van der Waals surface area contributed by atoms with Crippen molar-refractivity contribution in [3.8, 4) is 0 Å². The molecule has 0 spiro atoms. The van der Waals surface area contributed by atoms with Crippen LogP contribution in [0.25, 0.3) is 0 Å². The van der Waals surface area contributed by atoms with Crippen molar-refractivity contribution in [1.29, 1.82) is 0 Å². The van der Waals surface area contributed by atoms with Gasteiger partial charge in [0.25, 0.3) is 0 Å². The molecule has 0 aromatic heterocycles. The first-order valence-electron chi connectivity index (χ1n) is 9.03. The average molecular weight is 392 g/mol. The lowest BCUT2D eigenvalue weighted by molar-refractivity contribution is 0.148. The Morgan fingerprint density at radius 2 is 1.59 bits per heavy atom. The van der Waals surface area contributed by atoms with Crippen LogP contribution in [-0.2, 0) is 16.4 Å². The Balaban J connectivity index is 2.22. The smallest absolute Gasteiger partial charge is 0.240 e. The van der Waals surface area contributed by atoms with Crippen LogP contribution >= 0.6 is 0 Å². The topological polar surface area (TPSA) is 110 Å². The molecule has 7 heteroatoms. The van der Waals surface area contributed by atoms with Crippen LogP contribution in [0.3, 0.4) is 0 Å². The number of hydrogen-bond donors (Lipinski definition) is 3. The third kappa shape index (κ3) is 6.32. The maximum atomic E-state index is 12.0. The lowest BCUT2D eigenvalue weighted by Crippen LogP contribution is -2.46. The minimum Gasteiger partial charge on any atom is -0.390 e. The number of nitrogens with two attached hydrogens (primary N) is 2. The van der Waals surface area contributed by atoms with E-state index in [1.54, 1.807) is 18.2 Å². The molecule has 2 aromatic carbocycles. The van der Waals surface area contributed by atoms with Gasteiger partial charge < -0.3 is 15.7 Å². The maximum Gasteiger partial charge on any atom is 0.240 e. The quantitative estimate of drug-likeness (QED) is 0.603. The van der Waals surface area contributed by atoms with Gasteiger partial charge in [-0.25, -0.2) is 13.6 Å². The SMILES string of the molecule is CC(C)CN(CC(O)C(N)Cc1ccccc1)c1ccccc1S(N)(=O)=O.